The van der Waals surface area contributed by atoms with Crippen LogP contribution in [0.4, 0.5) is 17.2 Å². The Morgan fingerprint density at radius 2 is 1.72 bits per heavy atom. The van der Waals surface area contributed by atoms with Crippen LogP contribution in [0.5, 0.6) is 0 Å². The highest BCUT2D eigenvalue weighted by Crippen LogP contribution is 2.30. The van der Waals surface area contributed by atoms with E-state index in [1.165, 1.54) is 17.5 Å². The fourth-order valence-corrected chi connectivity index (χ4v) is 2.03. The lowest BCUT2D eigenvalue weighted by Crippen LogP contribution is -2.14. The van der Waals surface area contributed by atoms with Crippen molar-refractivity contribution in [2.75, 3.05) is 17.7 Å². The van der Waals surface area contributed by atoms with Gasteiger partial charge in [-0.3, -0.25) is 0 Å². The van der Waals surface area contributed by atoms with Gasteiger partial charge in [-0.15, -0.1) is 0 Å². The minimum atomic E-state index is 0.274. The van der Waals surface area contributed by atoms with Crippen molar-refractivity contribution in [3.8, 4) is 0 Å². The quantitative estimate of drug-likeness (QED) is 0.845. The van der Waals surface area contributed by atoms with Crippen LogP contribution in [0.2, 0.25) is 5.15 Å². The van der Waals surface area contributed by atoms with Gasteiger partial charge in [-0.1, -0.05) is 17.7 Å². The van der Waals surface area contributed by atoms with Gasteiger partial charge in [0.1, 0.15) is 12.0 Å². The summed E-state index contributed by atoms with van der Waals surface area (Å²) in [5, 5.41) is 0.274. The first-order valence-corrected chi connectivity index (χ1v) is 5.95. The van der Waals surface area contributed by atoms with E-state index in [4.69, 9.17) is 17.3 Å². The average Bonchev–Trinajstić information content (AvgIpc) is 2.30. The molecule has 94 valence electrons. The minimum absolute atomic E-state index is 0.274. The van der Waals surface area contributed by atoms with Crippen molar-refractivity contribution in [1.82, 2.24) is 9.97 Å². The van der Waals surface area contributed by atoms with E-state index in [0.717, 1.165) is 5.69 Å². The Morgan fingerprint density at radius 3 is 2.33 bits per heavy atom. The van der Waals surface area contributed by atoms with Crippen molar-refractivity contribution in [3.63, 3.8) is 0 Å². The minimum Gasteiger partial charge on any atom is -0.393 e. The summed E-state index contributed by atoms with van der Waals surface area (Å²) in [6, 6.07) is 6.26. The topological polar surface area (TPSA) is 55.0 Å². The van der Waals surface area contributed by atoms with Crippen LogP contribution in [-0.4, -0.2) is 17.0 Å². The van der Waals surface area contributed by atoms with Crippen molar-refractivity contribution in [2.24, 2.45) is 0 Å². The van der Waals surface area contributed by atoms with Crippen molar-refractivity contribution in [1.29, 1.82) is 0 Å². The summed E-state index contributed by atoms with van der Waals surface area (Å²) in [7, 11) is 1.91. The van der Waals surface area contributed by atoms with E-state index in [-0.39, 0.29) is 5.15 Å². The number of hydrogen-bond acceptors (Lipinski definition) is 4. The maximum absolute atomic E-state index is 5.91. The third-order valence-corrected chi connectivity index (χ3v) is 3.03. The first-order chi connectivity index (χ1) is 8.49. The van der Waals surface area contributed by atoms with Crippen LogP contribution in [0.15, 0.2) is 24.5 Å². The van der Waals surface area contributed by atoms with Crippen LogP contribution in [0.1, 0.15) is 11.1 Å². The van der Waals surface area contributed by atoms with Crippen LogP contribution in [0.25, 0.3) is 0 Å². The molecule has 1 heterocycles. The van der Waals surface area contributed by atoms with Crippen LogP contribution in [0.3, 0.4) is 0 Å². The van der Waals surface area contributed by atoms with Gasteiger partial charge in [-0.25, -0.2) is 9.97 Å². The first kappa shape index (κ1) is 12.6. The Labute approximate surface area is 111 Å². The monoisotopic (exact) mass is 262 g/mol. The number of anilines is 3. The van der Waals surface area contributed by atoms with Gasteiger partial charge >= 0.3 is 0 Å². The maximum Gasteiger partial charge on any atom is 0.161 e. The molecule has 0 saturated heterocycles. The summed E-state index contributed by atoms with van der Waals surface area (Å²) in [6.45, 7) is 4.11. The van der Waals surface area contributed by atoms with E-state index in [1.807, 2.05) is 11.9 Å². The molecule has 0 aliphatic carbocycles. The van der Waals surface area contributed by atoms with E-state index >= 15 is 0 Å². The molecule has 4 nitrogen and oxygen atoms in total. The molecule has 0 unspecified atom stereocenters. The van der Waals surface area contributed by atoms with E-state index in [0.29, 0.717) is 11.5 Å². The molecular formula is C13H15ClN4. The molecule has 0 aliphatic rings. The number of benzene rings is 1. The molecule has 2 aromatic rings. The molecule has 0 amide bonds. The molecule has 0 bridgehead atoms. The second-order valence-corrected chi connectivity index (χ2v) is 4.66. The first-order valence-electron chi connectivity index (χ1n) is 5.57. The van der Waals surface area contributed by atoms with Gasteiger partial charge < -0.3 is 10.6 Å². The van der Waals surface area contributed by atoms with Gasteiger partial charge in [0, 0.05) is 12.7 Å². The van der Waals surface area contributed by atoms with Gasteiger partial charge in [-0.2, -0.15) is 0 Å². The molecular weight excluding hydrogens is 248 g/mol. The summed E-state index contributed by atoms with van der Waals surface area (Å²) in [5.41, 5.74) is 9.69. The smallest absolute Gasteiger partial charge is 0.161 e. The van der Waals surface area contributed by atoms with Gasteiger partial charge in [0.15, 0.2) is 11.0 Å². The molecule has 0 atom stereocenters. The average molecular weight is 263 g/mol. The molecule has 18 heavy (non-hydrogen) atoms. The Kier molecular flexibility index (Phi) is 3.39. The zero-order chi connectivity index (χ0) is 13.3. The number of hydrogen-bond donors (Lipinski definition) is 1. The Bertz CT molecular complexity index is 563. The van der Waals surface area contributed by atoms with Gasteiger partial charge in [0.05, 0.1) is 0 Å². The molecule has 0 spiro atoms. The Hall–Kier alpha value is -1.81. The highest BCUT2D eigenvalue weighted by atomic mass is 35.5. The Balaban J connectivity index is 2.47. The fourth-order valence-electron chi connectivity index (χ4n) is 1.90. The number of rotatable bonds is 2. The molecule has 1 aromatic carbocycles. The summed E-state index contributed by atoms with van der Waals surface area (Å²) in [6.07, 6.45) is 1.41. The van der Waals surface area contributed by atoms with E-state index in [2.05, 4.69) is 42.0 Å². The molecule has 1 aromatic heterocycles. The molecule has 0 radical (unpaired) electrons. The zero-order valence-electron chi connectivity index (χ0n) is 10.6. The van der Waals surface area contributed by atoms with Crippen molar-refractivity contribution < 1.29 is 0 Å². The lowest BCUT2D eigenvalue weighted by Gasteiger charge is -2.21. The SMILES string of the molecule is Cc1cc(C)cc(N(C)c2ncnc(Cl)c2N)c1. The number of nitrogens with two attached hydrogens (primary N) is 1. The molecule has 2 rings (SSSR count). The van der Waals surface area contributed by atoms with Crippen LogP contribution >= 0.6 is 11.6 Å². The van der Waals surface area contributed by atoms with E-state index in [9.17, 15) is 0 Å². The van der Waals surface area contributed by atoms with Crippen molar-refractivity contribution >= 4 is 28.8 Å². The highest BCUT2D eigenvalue weighted by Gasteiger charge is 2.12. The summed E-state index contributed by atoms with van der Waals surface area (Å²) in [5.74, 6) is 0.611. The lowest BCUT2D eigenvalue weighted by molar-refractivity contribution is 1.08. The predicted molar refractivity (Wildman–Crippen MR) is 75.4 cm³/mol. The normalized spacial score (nSPS) is 10.4. The van der Waals surface area contributed by atoms with Crippen LogP contribution < -0.4 is 10.6 Å². The van der Waals surface area contributed by atoms with Crippen molar-refractivity contribution in [3.05, 3.63) is 40.8 Å². The van der Waals surface area contributed by atoms with Gasteiger partial charge in [-0.05, 0) is 37.1 Å². The zero-order valence-corrected chi connectivity index (χ0v) is 11.4. The van der Waals surface area contributed by atoms with Crippen molar-refractivity contribution in [2.45, 2.75) is 13.8 Å². The molecule has 2 N–H and O–H groups in total. The second-order valence-electron chi connectivity index (χ2n) is 4.31. The van der Waals surface area contributed by atoms with E-state index in [1.54, 1.807) is 0 Å². The standard InChI is InChI=1S/C13H15ClN4/c1-8-4-9(2)6-10(5-8)18(3)13-11(15)12(14)16-7-17-13/h4-7H,15H2,1-3H3. The van der Waals surface area contributed by atoms with Gasteiger partial charge in [0.25, 0.3) is 0 Å². The maximum atomic E-state index is 5.91. The summed E-state index contributed by atoms with van der Waals surface area (Å²) >= 11 is 5.91. The molecule has 5 heteroatoms. The summed E-state index contributed by atoms with van der Waals surface area (Å²) < 4.78 is 0. The van der Waals surface area contributed by atoms with E-state index < -0.39 is 0 Å². The molecule has 0 fully saturated rings. The number of aromatic nitrogens is 2. The second kappa shape index (κ2) is 4.82. The predicted octanol–water partition coefficient (Wildman–Crippen LogP) is 3.10. The number of halogens is 1. The third kappa shape index (κ3) is 2.38. The largest absolute Gasteiger partial charge is 0.393 e. The Morgan fingerprint density at radius 1 is 1.11 bits per heavy atom. The fraction of sp³-hybridized carbons (Fsp3) is 0.231. The number of nitrogens with zero attached hydrogens (tertiary/aromatic N) is 3. The molecule has 0 aliphatic heterocycles. The lowest BCUT2D eigenvalue weighted by atomic mass is 10.1. The number of nitrogen functional groups attached to an aromatic ring is 1. The number of aryl methyl sites for hydroxylation is 2. The summed E-state index contributed by atoms with van der Waals surface area (Å²) in [4.78, 5) is 9.94. The molecule has 0 saturated carbocycles. The van der Waals surface area contributed by atoms with Crippen LogP contribution in [-0.2, 0) is 0 Å². The van der Waals surface area contributed by atoms with Crippen LogP contribution in [0, 0.1) is 13.8 Å². The third-order valence-electron chi connectivity index (χ3n) is 2.73. The highest BCUT2D eigenvalue weighted by molar-refractivity contribution is 6.32. The van der Waals surface area contributed by atoms with Gasteiger partial charge in [0.2, 0.25) is 0 Å².